The Labute approximate surface area is 123 Å². The molecule has 2 aromatic rings. The van der Waals surface area contributed by atoms with Gasteiger partial charge in [0.2, 0.25) is 5.90 Å². The highest BCUT2D eigenvalue weighted by atomic mass is 32.2. The van der Waals surface area contributed by atoms with Crippen LogP contribution in [0, 0.1) is 0 Å². The maximum atomic E-state index is 6.02. The second-order valence-corrected chi connectivity index (χ2v) is 5.80. The maximum absolute atomic E-state index is 6.02. The Morgan fingerprint density at radius 1 is 1.00 bits per heavy atom. The number of hydrogen-bond acceptors (Lipinski definition) is 3. The predicted octanol–water partition coefficient (Wildman–Crippen LogP) is 4.01. The van der Waals surface area contributed by atoms with Crippen molar-refractivity contribution in [3.63, 3.8) is 0 Å². The van der Waals surface area contributed by atoms with Gasteiger partial charge in [-0.3, -0.25) is 4.99 Å². The largest absolute Gasteiger partial charge is 0.473 e. The van der Waals surface area contributed by atoms with Crippen molar-refractivity contribution in [2.75, 3.05) is 12.3 Å². The SMILES string of the molecule is c1ccc(SCC2CCN=C(c3ccccc3)O2)cc1. The first-order valence-electron chi connectivity index (χ1n) is 6.86. The number of nitrogens with zero attached hydrogens (tertiary/aromatic N) is 1. The van der Waals surface area contributed by atoms with E-state index in [1.807, 2.05) is 48.2 Å². The van der Waals surface area contributed by atoms with Crippen molar-refractivity contribution < 1.29 is 4.74 Å². The second-order valence-electron chi connectivity index (χ2n) is 4.71. The Morgan fingerprint density at radius 2 is 1.70 bits per heavy atom. The highest BCUT2D eigenvalue weighted by Gasteiger charge is 2.18. The second kappa shape index (κ2) is 6.62. The molecule has 3 heteroatoms. The Kier molecular flexibility index (Phi) is 4.38. The zero-order valence-electron chi connectivity index (χ0n) is 11.2. The average molecular weight is 283 g/mol. The lowest BCUT2D eigenvalue weighted by Gasteiger charge is -2.23. The van der Waals surface area contributed by atoms with E-state index in [2.05, 4.69) is 29.3 Å². The Balaban J connectivity index is 1.59. The van der Waals surface area contributed by atoms with Crippen LogP contribution in [-0.4, -0.2) is 24.3 Å². The molecule has 0 fully saturated rings. The topological polar surface area (TPSA) is 21.6 Å². The molecule has 1 unspecified atom stereocenters. The molecule has 1 aliphatic heterocycles. The van der Waals surface area contributed by atoms with Gasteiger partial charge in [0, 0.05) is 29.2 Å². The fourth-order valence-electron chi connectivity index (χ4n) is 2.13. The molecule has 0 saturated heterocycles. The van der Waals surface area contributed by atoms with Crippen molar-refractivity contribution in [2.24, 2.45) is 4.99 Å². The minimum absolute atomic E-state index is 0.243. The third kappa shape index (κ3) is 3.42. The van der Waals surface area contributed by atoms with Gasteiger partial charge < -0.3 is 4.74 Å². The number of benzene rings is 2. The third-order valence-corrected chi connectivity index (χ3v) is 4.33. The molecule has 0 radical (unpaired) electrons. The van der Waals surface area contributed by atoms with Crippen LogP contribution in [0.1, 0.15) is 12.0 Å². The molecule has 0 amide bonds. The molecule has 0 spiro atoms. The van der Waals surface area contributed by atoms with Gasteiger partial charge in [-0.25, -0.2) is 0 Å². The van der Waals surface area contributed by atoms with Gasteiger partial charge >= 0.3 is 0 Å². The number of hydrogen-bond donors (Lipinski definition) is 0. The minimum Gasteiger partial charge on any atom is -0.473 e. The third-order valence-electron chi connectivity index (χ3n) is 3.18. The molecule has 102 valence electrons. The molecule has 2 aromatic carbocycles. The number of rotatable bonds is 4. The Hall–Kier alpha value is -1.74. The van der Waals surface area contributed by atoms with Crippen molar-refractivity contribution in [1.29, 1.82) is 0 Å². The summed E-state index contributed by atoms with van der Waals surface area (Å²) in [4.78, 5) is 5.78. The normalized spacial score (nSPS) is 18.2. The molecule has 1 aliphatic rings. The standard InChI is InChI=1S/C17H17NOS/c1-3-7-14(8-4-1)17-18-12-11-15(19-17)13-20-16-9-5-2-6-10-16/h1-10,15H,11-13H2. The van der Waals surface area contributed by atoms with Gasteiger partial charge in [-0.05, 0) is 24.3 Å². The van der Waals surface area contributed by atoms with Crippen LogP contribution in [0.4, 0.5) is 0 Å². The summed E-state index contributed by atoms with van der Waals surface area (Å²) in [6.07, 6.45) is 1.24. The summed E-state index contributed by atoms with van der Waals surface area (Å²) in [6.45, 7) is 0.851. The number of ether oxygens (including phenoxy) is 1. The highest BCUT2D eigenvalue weighted by Crippen LogP contribution is 2.22. The van der Waals surface area contributed by atoms with Crippen LogP contribution in [0.15, 0.2) is 70.6 Å². The minimum atomic E-state index is 0.243. The average Bonchev–Trinajstić information content (AvgIpc) is 2.55. The lowest BCUT2D eigenvalue weighted by Crippen LogP contribution is -2.26. The van der Waals surface area contributed by atoms with Crippen LogP contribution >= 0.6 is 11.8 Å². The zero-order valence-corrected chi connectivity index (χ0v) is 12.1. The molecule has 3 rings (SSSR count). The monoisotopic (exact) mass is 283 g/mol. The van der Waals surface area contributed by atoms with Crippen LogP contribution in [0.2, 0.25) is 0 Å². The molecule has 0 aliphatic carbocycles. The van der Waals surface area contributed by atoms with Gasteiger partial charge in [0.1, 0.15) is 6.10 Å². The van der Waals surface area contributed by atoms with Crippen molar-refractivity contribution in [2.45, 2.75) is 17.4 Å². The molecular formula is C17H17NOS. The fraction of sp³-hybridized carbons (Fsp3) is 0.235. The molecule has 0 saturated carbocycles. The first-order chi connectivity index (χ1) is 9.92. The van der Waals surface area contributed by atoms with E-state index in [4.69, 9.17) is 4.74 Å². The van der Waals surface area contributed by atoms with E-state index < -0.39 is 0 Å². The summed E-state index contributed by atoms with van der Waals surface area (Å²) < 4.78 is 6.02. The summed E-state index contributed by atoms with van der Waals surface area (Å²) >= 11 is 1.84. The maximum Gasteiger partial charge on any atom is 0.216 e. The van der Waals surface area contributed by atoms with E-state index in [1.165, 1.54) is 4.90 Å². The van der Waals surface area contributed by atoms with Crippen LogP contribution in [-0.2, 0) is 4.74 Å². The first-order valence-corrected chi connectivity index (χ1v) is 7.85. The van der Waals surface area contributed by atoms with E-state index in [0.29, 0.717) is 0 Å². The molecular weight excluding hydrogens is 266 g/mol. The Bertz CT molecular complexity index is 568. The van der Waals surface area contributed by atoms with Gasteiger partial charge in [0.15, 0.2) is 0 Å². The van der Waals surface area contributed by atoms with Gasteiger partial charge in [0.05, 0.1) is 0 Å². The van der Waals surface area contributed by atoms with Crippen molar-refractivity contribution >= 4 is 17.7 Å². The van der Waals surface area contributed by atoms with E-state index in [0.717, 1.165) is 30.2 Å². The van der Waals surface area contributed by atoms with Crippen molar-refractivity contribution in [3.05, 3.63) is 66.2 Å². The summed E-state index contributed by atoms with van der Waals surface area (Å²) in [5, 5.41) is 0. The van der Waals surface area contributed by atoms with Crippen LogP contribution < -0.4 is 0 Å². The van der Waals surface area contributed by atoms with Crippen LogP contribution in [0.3, 0.4) is 0 Å². The van der Waals surface area contributed by atoms with Gasteiger partial charge in [-0.1, -0.05) is 36.4 Å². The molecule has 0 bridgehead atoms. The molecule has 2 nitrogen and oxygen atoms in total. The van der Waals surface area contributed by atoms with Crippen molar-refractivity contribution in [3.8, 4) is 0 Å². The number of aliphatic imine (C=N–C) groups is 1. The van der Waals surface area contributed by atoms with Gasteiger partial charge in [0.25, 0.3) is 0 Å². The zero-order chi connectivity index (χ0) is 13.6. The summed E-state index contributed by atoms with van der Waals surface area (Å²) in [5.74, 6) is 1.76. The fourth-order valence-corrected chi connectivity index (χ4v) is 3.09. The molecule has 0 aromatic heterocycles. The molecule has 1 atom stereocenters. The quantitative estimate of drug-likeness (QED) is 0.791. The highest BCUT2D eigenvalue weighted by molar-refractivity contribution is 7.99. The van der Waals surface area contributed by atoms with Crippen LogP contribution in [0.5, 0.6) is 0 Å². The number of thioether (sulfide) groups is 1. The Morgan fingerprint density at radius 3 is 2.45 bits per heavy atom. The first kappa shape index (κ1) is 13.3. The molecule has 20 heavy (non-hydrogen) atoms. The van der Waals surface area contributed by atoms with Gasteiger partial charge in [-0.15, -0.1) is 11.8 Å². The summed E-state index contributed by atoms with van der Waals surface area (Å²) in [6, 6.07) is 20.6. The summed E-state index contributed by atoms with van der Waals surface area (Å²) in [7, 11) is 0. The van der Waals surface area contributed by atoms with E-state index in [9.17, 15) is 0 Å². The molecule has 1 heterocycles. The van der Waals surface area contributed by atoms with Gasteiger partial charge in [-0.2, -0.15) is 0 Å². The van der Waals surface area contributed by atoms with Crippen molar-refractivity contribution in [1.82, 2.24) is 0 Å². The van der Waals surface area contributed by atoms with E-state index >= 15 is 0 Å². The lowest BCUT2D eigenvalue weighted by atomic mass is 10.2. The van der Waals surface area contributed by atoms with Crippen LogP contribution in [0.25, 0.3) is 0 Å². The smallest absolute Gasteiger partial charge is 0.216 e. The van der Waals surface area contributed by atoms with E-state index in [1.54, 1.807) is 0 Å². The predicted molar refractivity (Wildman–Crippen MR) is 84.5 cm³/mol. The summed E-state index contributed by atoms with van der Waals surface area (Å²) in [5.41, 5.74) is 1.07. The lowest BCUT2D eigenvalue weighted by molar-refractivity contribution is 0.191. The van der Waals surface area contributed by atoms with E-state index in [-0.39, 0.29) is 6.10 Å². The molecule has 0 N–H and O–H groups in total.